The maximum atomic E-state index is 11.9. The van der Waals surface area contributed by atoms with E-state index in [1.807, 2.05) is 0 Å². The second-order valence-corrected chi connectivity index (χ2v) is 7.07. The van der Waals surface area contributed by atoms with E-state index in [4.69, 9.17) is 4.42 Å². The van der Waals surface area contributed by atoms with Crippen molar-refractivity contribution in [2.75, 3.05) is 5.75 Å². The van der Waals surface area contributed by atoms with Crippen LogP contribution < -0.4 is 0 Å². The van der Waals surface area contributed by atoms with Crippen LogP contribution in [0, 0.1) is 10.1 Å². The number of rotatable bonds is 5. The van der Waals surface area contributed by atoms with E-state index in [1.54, 1.807) is 13.0 Å². The van der Waals surface area contributed by atoms with Gasteiger partial charge in [0.2, 0.25) is 5.89 Å². The molecule has 0 fully saturated rings. The first-order valence-corrected chi connectivity index (χ1v) is 8.33. The summed E-state index contributed by atoms with van der Waals surface area (Å²) < 4.78 is 30.6. The number of benzene rings is 1. The highest BCUT2D eigenvalue weighted by Gasteiger charge is 2.15. The van der Waals surface area contributed by atoms with Crippen LogP contribution in [0.2, 0.25) is 0 Å². The topological polar surface area (TPSA) is 121 Å². The molecular weight excluding hydrogens is 324 g/mol. The van der Waals surface area contributed by atoms with E-state index in [0.29, 0.717) is 11.1 Å². The molecule has 0 N–H and O–H groups in total. The third kappa shape index (κ3) is 2.93. The highest BCUT2D eigenvalue weighted by atomic mass is 32.2. The number of oxazole rings is 1. The Morgan fingerprint density at radius 2 is 2.17 bits per heavy atom. The second-order valence-electron chi connectivity index (χ2n) is 4.79. The van der Waals surface area contributed by atoms with Gasteiger partial charge < -0.3 is 4.42 Å². The molecule has 3 rings (SSSR count). The lowest BCUT2D eigenvalue weighted by Crippen LogP contribution is -2.03. The van der Waals surface area contributed by atoms with Gasteiger partial charge in [0.05, 0.1) is 15.6 Å². The molecule has 9 nitrogen and oxygen atoms in total. The van der Waals surface area contributed by atoms with Gasteiger partial charge in [-0.05, 0) is 18.2 Å². The minimum absolute atomic E-state index is 0.000168. The predicted molar refractivity (Wildman–Crippen MR) is 79.7 cm³/mol. The minimum Gasteiger partial charge on any atom is -0.439 e. The Morgan fingerprint density at radius 3 is 2.83 bits per heavy atom. The zero-order chi connectivity index (χ0) is 16.6. The van der Waals surface area contributed by atoms with Crippen molar-refractivity contribution in [1.29, 1.82) is 0 Å². The van der Waals surface area contributed by atoms with Crippen LogP contribution >= 0.6 is 0 Å². The van der Waals surface area contributed by atoms with Gasteiger partial charge in [-0.25, -0.2) is 13.4 Å². The Labute approximate surface area is 130 Å². The molecule has 0 radical (unpaired) electrons. The first-order valence-electron chi connectivity index (χ1n) is 6.68. The number of hydrogen-bond donors (Lipinski definition) is 0. The van der Waals surface area contributed by atoms with Crippen LogP contribution in [-0.4, -0.2) is 33.9 Å². The number of sulfone groups is 1. The van der Waals surface area contributed by atoms with Crippen molar-refractivity contribution in [1.82, 2.24) is 14.8 Å². The van der Waals surface area contributed by atoms with Crippen LogP contribution in [0.4, 0.5) is 5.69 Å². The van der Waals surface area contributed by atoms with Crippen LogP contribution in [0.1, 0.15) is 12.8 Å². The van der Waals surface area contributed by atoms with Crippen LogP contribution in [0.25, 0.3) is 11.1 Å². The lowest BCUT2D eigenvalue weighted by Gasteiger charge is -1.99. The van der Waals surface area contributed by atoms with Gasteiger partial charge in [-0.3, -0.25) is 14.8 Å². The van der Waals surface area contributed by atoms with Crippen LogP contribution in [-0.2, 0) is 16.4 Å². The van der Waals surface area contributed by atoms with Crippen LogP contribution in [0.5, 0.6) is 0 Å². The van der Waals surface area contributed by atoms with Gasteiger partial charge in [0.25, 0.3) is 0 Å². The smallest absolute Gasteiger partial charge is 0.307 e. The standard InChI is InChI=1S/C13H12N4O5S/c1-2-23(20,21)10-3-4-12-11(5-10)15-13(22-12)8-16-7-9(6-14-16)17(18)19/h3-7H,2,8H2,1H3. The minimum atomic E-state index is -3.32. The number of nitrogens with zero attached hydrogens (tertiary/aromatic N) is 4. The Balaban J connectivity index is 1.92. The van der Waals surface area contributed by atoms with Crippen molar-refractivity contribution in [3.63, 3.8) is 0 Å². The van der Waals surface area contributed by atoms with Gasteiger partial charge in [0, 0.05) is 0 Å². The summed E-state index contributed by atoms with van der Waals surface area (Å²) in [7, 11) is -3.32. The summed E-state index contributed by atoms with van der Waals surface area (Å²) in [5.74, 6) is 0.282. The lowest BCUT2D eigenvalue weighted by molar-refractivity contribution is -0.385. The average molecular weight is 336 g/mol. The fourth-order valence-corrected chi connectivity index (χ4v) is 2.95. The van der Waals surface area contributed by atoms with Gasteiger partial charge in [0.1, 0.15) is 24.5 Å². The summed E-state index contributed by atoms with van der Waals surface area (Å²) in [6.07, 6.45) is 2.40. The molecule has 23 heavy (non-hydrogen) atoms. The number of nitro groups is 1. The predicted octanol–water partition coefficient (Wildman–Crippen LogP) is 1.77. The van der Waals surface area contributed by atoms with Crippen LogP contribution in [0.15, 0.2) is 39.9 Å². The quantitative estimate of drug-likeness (QED) is 0.514. The van der Waals surface area contributed by atoms with Gasteiger partial charge in [-0.2, -0.15) is 5.10 Å². The van der Waals surface area contributed by atoms with Crippen LogP contribution in [0.3, 0.4) is 0 Å². The average Bonchev–Trinajstić information content (AvgIpc) is 3.12. The first-order chi connectivity index (χ1) is 10.9. The number of fused-ring (bicyclic) bond motifs is 1. The molecule has 0 aliphatic rings. The lowest BCUT2D eigenvalue weighted by atomic mass is 10.3. The Bertz CT molecular complexity index is 989. The van der Waals surface area contributed by atoms with E-state index in [-0.39, 0.29) is 28.8 Å². The van der Waals surface area contributed by atoms with E-state index >= 15 is 0 Å². The molecule has 0 unspecified atom stereocenters. The van der Waals surface area contributed by atoms with E-state index in [1.165, 1.54) is 23.0 Å². The Kier molecular flexibility index (Phi) is 3.60. The van der Waals surface area contributed by atoms with Gasteiger partial charge in [-0.15, -0.1) is 0 Å². The van der Waals surface area contributed by atoms with Gasteiger partial charge in [-0.1, -0.05) is 6.92 Å². The summed E-state index contributed by atoms with van der Waals surface area (Å²) in [6.45, 7) is 1.68. The SMILES string of the molecule is CCS(=O)(=O)c1ccc2oc(Cn3cc([N+](=O)[O-])cn3)nc2c1. The molecule has 2 heterocycles. The molecule has 1 aromatic carbocycles. The molecule has 0 saturated carbocycles. The van der Waals surface area contributed by atoms with Gasteiger partial charge >= 0.3 is 5.69 Å². The number of aromatic nitrogens is 3. The fourth-order valence-electron chi connectivity index (χ4n) is 2.05. The van der Waals surface area contributed by atoms with E-state index < -0.39 is 14.8 Å². The normalized spacial score (nSPS) is 11.9. The summed E-state index contributed by atoms with van der Waals surface area (Å²) in [4.78, 5) is 14.5. The van der Waals surface area contributed by atoms with Crippen molar-refractivity contribution >= 4 is 26.6 Å². The Hall–Kier alpha value is -2.75. The summed E-state index contributed by atoms with van der Waals surface area (Å²) in [5.41, 5.74) is 0.727. The van der Waals surface area contributed by atoms with Crippen molar-refractivity contribution in [2.45, 2.75) is 18.4 Å². The second kappa shape index (κ2) is 5.47. The molecule has 0 saturated heterocycles. The third-order valence-electron chi connectivity index (χ3n) is 3.27. The first kappa shape index (κ1) is 15.2. The molecular formula is C13H12N4O5S. The summed E-state index contributed by atoms with van der Waals surface area (Å²) in [5, 5.41) is 14.5. The molecule has 0 aliphatic heterocycles. The molecule has 120 valence electrons. The van der Waals surface area contributed by atoms with Crippen molar-refractivity contribution in [3.8, 4) is 0 Å². The van der Waals surface area contributed by atoms with E-state index in [2.05, 4.69) is 10.1 Å². The monoisotopic (exact) mass is 336 g/mol. The zero-order valence-corrected chi connectivity index (χ0v) is 12.9. The van der Waals surface area contributed by atoms with Crippen molar-refractivity contribution in [2.24, 2.45) is 0 Å². The van der Waals surface area contributed by atoms with Gasteiger partial charge in [0.15, 0.2) is 15.4 Å². The number of hydrogen-bond acceptors (Lipinski definition) is 7. The molecule has 0 amide bonds. The molecule has 0 atom stereocenters. The maximum absolute atomic E-state index is 11.9. The third-order valence-corrected chi connectivity index (χ3v) is 5.00. The Morgan fingerprint density at radius 1 is 1.39 bits per heavy atom. The highest BCUT2D eigenvalue weighted by Crippen LogP contribution is 2.21. The largest absolute Gasteiger partial charge is 0.439 e. The molecule has 3 aromatic rings. The maximum Gasteiger partial charge on any atom is 0.307 e. The van der Waals surface area contributed by atoms with Crippen molar-refractivity contribution < 1.29 is 17.8 Å². The molecule has 0 bridgehead atoms. The van der Waals surface area contributed by atoms with Crippen molar-refractivity contribution in [3.05, 3.63) is 46.6 Å². The highest BCUT2D eigenvalue weighted by molar-refractivity contribution is 7.91. The molecule has 0 spiro atoms. The summed E-state index contributed by atoms with van der Waals surface area (Å²) >= 11 is 0. The van der Waals surface area contributed by atoms with E-state index in [0.717, 1.165) is 6.20 Å². The zero-order valence-electron chi connectivity index (χ0n) is 12.0. The molecule has 10 heteroatoms. The molecule has 2 aromatic heterocycles. The van der Waals surface area contributed by atoms with E-state index in [9.17, 15) is 18.5 Å². The summed E-state index contributed by atoms with van der Waals surface area (Å²) in [6, 6.07) is 4.46. The molecule has 0 aliphatic carbocycles. The fraction of sp³-hybridized carbons (Fsp3) is 0.231.